The summed E-state index contributed by atoms with van der Waals surface area (Å²) in [5.41, 5.74) is 4.93. The quantitative estimate of drug-likeness (QED) is 0.175. The van der Waals surface area contributed by atoms with Crippen molar-refractivity contribution in [2.45, 2.75) is 49.9 Å². The third kappa shape index (κ3) is 7.61. The first-order valence-electron chi connectivity index (χ1n) is 17.3. The van der Waals surface area contributed by atoms with Crippen LogP contribution in [0.4, 0.5) is 11.4 Å². The average molecular weight is 673 g/mol. The summed E-state index contributed by atoms with van der Waals surface area (Å²) in [7, 11) is 3.51. The molecule has 6 rings (SSSR count). The molecule has 2 aliphatic heterocycles. The fourth-order valence-electron chi connectivity index (χ4n) is 7.04. The summed E-state index contributed by atoms with van der Waals surface area (Å²) in [5.74, 6) is -0.608. The van der Waals surface area contributed by atoms with Gasteiger partial charge in [-0.2, -0.15) is 0 Å². The van der Waals surface area contributed by atoms with Crippen LogP contribution in [0.25, 0.3) is 11.1 Å². The summed E-state index contributed by atoms with van der Waals surface area (Å²) < 4.78 is 0. The van der Waals surface area contributed by atoms with Crippen LogP contribution in [0, 0.1) is 0 Å². The molecule has 0 unspecified atom stereocenters. The van der Waals surface area contributed by atoms with Gasteiger partial charge in [-0.1, -0.05) is 84.9 Å². The van der Waals surface area contributed by atoms with Gasteiger partial charge in [0.05, 0.1) is 0 Å². The molecule has 2 aliphatic rings. The number of nitrogens with zero attached hydrogens (tertiary/aromatic N) is 2. The van der Waals surface area contributed by atoms with Gasteiger partial charge in [-0.25, -0.2) is 0 Å². The molecule has 4 aromatic carbocycles. The van der Waals surface area contributed by atoms with Gasteiger partial charge in [0.25, 0.3) is 0 Å². The van der Waals surface area contributed by atoms with E-state index in [2.05, 4.69) is 21.3 Å². The Bertz CT molecular complexity index is 1650. The molecule has 2 saturated heterocycles. The maximum absolute atomic E-state index is 13.5. The molecule has 0 bridgehead atoms. The fraction of sp³-hybridized carbons (Fsp3) is 0.300. The summed E-state index contributed by atoms with van der Waals surface area (Å²) in [6.07, 6.45) is 2.77. The first-order chi connectivity index (χ1) is 24.4. The number of hydrogen-bond donors (Lipinski definition) is 4. The largest absolute Gasteiger partial charge is 0.329 e. The van der Waals surface area contributed by atoms with Gasteiger partial charge in [0, 0.05) is 24.5 Å². The average Bonchev–Trinajstić information content (AvgIpc) is 3.85. The van der Waals surface area contributed by atoms with E-state index in [1.807, 2.05) is 109 Å². The highest BCUT2D eigenvalue weighted by Crippen LogP contribution is 2.28. The molecule has 0 saturated carbocycles. The number of hydrogen-bond acceptors (Lipinski definition) is 6. The number of likely N-dealkylation sites (tertiary alicyclic amines) is 2. The first-order valence-corrected chi connectivity index (χ1v) is 17.3. The number of rotatable bonds is 11. The van der Waals surface area contributed by atoms with Gasteiger partial charge in [0.1, 0.15) is 24.2 Å². The predicted molar refractivity (Wildman–Crippen MR) is 195 cm³/mol. The van der Waals surface area contributed by atoms with E-state index in [4.69, 9.17) is 0 Å². The highest BCUT2D eigenvalue weighted by molar-refractivity contribution is 5.99. The number of likely N-dealkylation sites (N-methyl/N-ethyl adjacent to an activating group) is 2. The normalized spacial score (nSPS) is 18.4. The van der Waals surface area contributed by atoms with Crippen LogP contribution >= 0.6 is 0 Å². The van der Waals surface area contributed by atoms with Gasteiger partial charge in [-0.05, 0) is 86.3 Å². The van der Waals surface area contributed by atoms with E-state index in [9.17, 15) is 19.2 Å². The molecular weight excluding hydrogens is 628 g/mol. The standard InChI is InChI=1S/C40H44N6O4/c1-41-35(29-11-5-3-6-12-29)39(49)45-25-9-15-33(45)37(47)43-31-21-17-27(18-22-31)28-19-23-32(24-20-28)44-38(48)34-16-10-26-46(34)40(50)36(42-2)30-13-7-4-8-14-30/h3-8,11-14,17-24,33-36,41-42H,9-10,15-16,25-26H2,1-2H3,(H,43,47)(H,44,48)/t33-,34-,35+,36+/m0/s1. The van der Waals surface area contributed by atoms with Crippen molar-refractivity contribution in [1.29, 1.82) is 0 Å². The van der Waals surface area contributed by atoms with Crippen LogP contribution < -0.4 is 21.3 Å². The Morgan fingerprint density at radius 2 is 0.900 bits per heavy atom. The van der Waals surface area contributed by atoms with Crippen LogP contribution in [-0.2, 0) is 19.2 Å². The minimum absolute atomic E-state index is 0.106. The maximum atomic E-state index is 13.5. The molecule has 0 radical (unpaired) electrons. The zero-order valence-electron chi connectivity index (χ0n) is 28.5. The third-order valence-electron chi connectivity index (χ3n) is 9.65. The number of anilines is 2. The van der Waals surface area contributed by atoms with E-state index in [1.165, 1.54) is 0 Å². The van der Waals surface area contributed by atoms with Gasteiger partial charge in [-0.15, -0.1) is 0 Å². The van der Waals surface area contributed by atoms with Crippen molar-refractivity contribution in [3.63, 3.8) is 0 Å². The lowest BCUT2D eigenvalue weighted by molar-refractivity contribution is -0.138. The number of amides is 4. The Morgan fingerprint density at radius 1 is 0.540 bits per heavy atom. The van der Waals surface area contributed by atoms with Crippen LogP contribution in [-0.4, -0.2) is 72.7 Å². The van der Waals surface area contributed by atoms with E-state index in [0.29, 0.717) is 37.3 Å². The van der Waals surface area contributed by atoms with Crippen molar-refractivity contribution in [1.82, 2.24) is 20.4 Å². The van der Waals surface area contributed by atoms with Crippen LogP contribution in [0.15, 0.2) is 109 Å². The number of nitrogens with one attached hydrogen (secondary N) is 4. The first kappa shape index (κ1) is 34.5. The predicted octanol–water partition coefficient (Wildman–Crippen LogP) is 5.13. The lowest BCUT2D eigenvalue weighted by Gasteiger charge is -2.28. The van der Waals surface area contributed by atoms with Crippen molar-refractivity contribution < 1.29 is 19.2 Å². The summed E-state index contributed by atoms with van der Waals surface area (Å²) in [4.78, 5) is 57.0. The lowest BCUT2D eigenvalue weighted by atomic mass is 10.0. The minimum Gasteiger partial charge on any atom is -0.329 e. The molecule has 0 aromatic heterocycles. The minimum atomic E-state index is -0.535. The Morgan fingerprint density at radius 3 is 1.24 bits per heavy atom. The van der Waals surface area contributed by atoms with E-state index >= 15 is 0 Å². The van der Waals surface area contributed by atoms with Crippen molar-refractivity contribution >= 4 is 35.0 Å². The Hall–Kier alpha value is -5.32. The van der Waals surface area contributed by atoms with Crippen molar-refractivity contribution in [2.75, 3.05) is 37.8 Å². The smallest absolute Gasteiger partial charge is 0.247 e. The SMILES string of the molecule is CN[C@@H](C(=O)N1CCC[C@H]1C(=O)Nc1ccc(-c2ccc(NC(=O)[C@@H]3CCCN3C(=O)[C@H](NC)c3ccccc3)cc2)cc1)c1ccccc1. The molecule has 10 heteroatoms. The van der Waals surface area contributed by atoms with Crippen LogP contribution in [0.3, 0.4) is 0 Å². The number of carbonyl (C=O) groups is 4. The maximum Gasteiger partial charge on any atom is 0.247 e. The van der Waals surface area contributed by atoms with E-state index in [1.54, 1.807) is 23.9 Å². The second-order valence-electron chi connectivity index (χ2n) is 12.8. The van der Waals surface area contributed by atoms with Gasteiger partial charge in [0.2, 0.25) is 23.6 Å². The number of carbonyl (C=O) groups excluding carboxylic acids is 4. The monoisotopic (exact) mass is 672 g/mol. The highest BCUT2D eigenvalue weighted by Gasteiger charge is 2.38. The third-order valence-corrected chi connectivity index (χ3v) is 9.65. The summed E-state index contributed by atoms with van der Waals surface area (Å²) >= 11 is 0. The molecule has 4 amide bonds. The molecule has 4 N–H and O–H groups in total. The number of benzene rings is 4. The highest BCUT2D eigenvalue weighted by atomic mass is 16.2. The lowest BCUT2D eigenvalue weighted by Crippen LogP contribution is -2.47. The molecule has 10 nitrogen and oxygen atoms in total. The molecule has 2 heterocycles. The summed E-state index contributed by atoms with van der Waals surface area (Å²) in [5, 5.41) is 12.2. The molecule has 258 valence electrons. The van der Waals surface area contributed by atoms with Crippen molar-refractivity contribution in [3.05, 3.63) is 120 Å². The second-order valence-corrected chi connectivity index (χ2v) is 12.8. The van der Waals surface area contributed by atoms with Gasteiger partial charge in [-0.3, -0.25) is 19.2 Å². The van der Waals surface area contributed by atoms with E-state index in [0.717, 1.165) is 35.1 Å². The molecule has 0 spiro atoms. The van der Waals surface area contributed by atoms with Crippen LogP contribution in [0.5, 0.6) is 0 Å². The van der Waals surface area contributed by atoms with Crippen molar-refractivity contribution in [2.24, 2.45) is 0 Å². The van der Waals surface area contributed by atoms with Gasteiger partial charge < -0.3 is 31.1 Å². The van der Waals surface area contributed by atoms with E-state index in [-0.39, 0.29) is 23.6 Å². The zero-order chi connectivity index (χ0) is 35.0. The van der Waals surface area contributed by atoms with Gasteiger partial charge in [0.15, 0.2) is 0 Å². The van der Waals surface area contributed by atoms with E-state index < -0.39 is 24.2 Å². The Kier molecular flexibility index (Phi) is 11.0. The summed E-state index contributed by atoms with van der Waals surface area (Å²) in [6, 6.07) is 32.1. The molecule has 4 aromatic rings. The molecular formula is C40H44N6O4. The van der Waals surface area contributed by atoms with Crippen LogP contribution in [0.1, 0.15) is 48.9 Å². The summed E-state index contributed by atoms with van der Waals surface area (Å²) in [6.45, 7) is 1.08. The fourth-order valence-corrected chi connectivity index (χ4v) is 7.04. The van der Waals surface area contributed by atoms with Crippen molar-refractivity contribution in [3.8, 4) is 11.1 Å². The Labute approximate surface area is 293 Å². The molecule has 2 fully saturated rings. The van der Waals surface area contributed by atoms with Crippen LogP contribution in [0.2, 0.25) is 0 Å². The molecule has 50 heavy (non-hydrogen) atoms. The van der Waals surface area contributed by atoms with Gasteiger partial charge >= 0.3 is 0 Å². The molecule has 0 aliphatic carbocycles. The zero-order valence-corrected chi connectivity index (χ0v) is 28.5. The molecule has 4 atom stereocenters. The second kappa shape index (κ2) is 15.9. The Balaban J connectivity index is 1.04. The topological polar surface area (TPSA) is 123 Å².